The van der Waals surface area contributed by atoms with Gasteiger partial charge in [0.25, 0.3) is 0 Å². The molecule has 1 atom stereocenters. The maximum Gasteiger partial charge on any atom is 0.433 e. The fourth-order valence-corrected chi connectivity index (χ4v) is 1.93. The largest absolute Gasteiger partial charge is 0.433 e. The fourth-order valence-electron chi connectivity index (χ4n) is 1.53. The number of nitrogens with zero attached hydrogens (tertiary/aromatic N) is 2. The minimum absolute atomic E-state index is 0.333. The van der Waals surface area contributed by atoms with Gasteiger partial charge in [-0.2, -0.15) is 13.2 Å². The van der Waals surface area contributed by atoms with Crippen molar-refractivity contribution in [2.45, 2.75) is 37.7 Å². The van der Waals surface area contributed by atoms with Gasteiger partial charge < -0.3 is 10.6 Å². The highest BCUT2D eigenvalue weighted by molar-refractivity contribution is 7.99. The maximum atomic E-state index is 12.0. The second kappa shape index (κ2) is 10.9. The number of rotatable bonds is 6. The van der Waals surface area contributed by atoms with Crippen LogP contribution in [0.5, 0.6) is 0 Å². The predicted molar refractivity (Wildman–Crippen MR) is 87.9 cm³/mol. The van der Waals surface area contributed by atoms with Crippen LogP contribution in [0, 0.1) is 0 Å². The van der Waals surface area contributed by atoms with E-state index < -0.39 is 11.9 Å². The van der Waals surface area contributed by atoms with Gasteiger partial charge in [0, 0.05) is 6.20 Å². The molecule has 1 heterocycles. The number of halogens is 3. The third-order valence-electron chi connectivity index (χ3n) is 2.92. The van der Waals surface area contributed by atoms with E-state index in [2.05, 4.69) is 30.2 Å². The molecule has 2 N–H and O–H groups in total. The van der Waals surface area contributed by atoms with Crippen molar-refractivity contribution in [2.75, 3.05) is 26.9 Å². The van der Waals surface area contributed by atoms with Gasteiger partial charge >= 0.3 is 6.18 Å². The zero-order valence-corrected chi connectivity index (χ0v) is 14.5. The Morgan fingerprint density at radius 2 is 1.95 bits per heavy atom. The van der Waals surface area contributed by atoms with Crippen molar-refractivity contribution >= 4 is 11.8 Å². The van der Waals surface area contributed by atoms with E-state index >= 15 is 0 Å². The van der Waals surface area contributed by atoms with E-state index in [1.54, 1.807) is 11.8 Å². The maximum absolute atomic E-state index is 12.0. The average molecular weight is 337 g/mol. The SMILES string of the molecule is CCc1ccc(C(F)(F)F)nc1.CSC(N)CCCN(C)C. The molecule has 0 spiro atoms. The number of hydrogen-bond acceptors (Lipinski definition) is 4. The second-order valence-corrected chi connectivity index (χ2v) is 6.20. The summed E-state index contributed by atoms with van der Waals surface area (Å²) in [6, 6.07) is 2.44. The van der Waals surface area contributed by atoms with Gasteiger partial charge in [-0.05, 0) is 57.8 Å². The highest BCUT2D eigenvalue weighted by atomic mass is 32.2. The van der Waals surface area contributed by atoms with Gasteiger partial charge in [-0.3, -0.25) is 4.98 Å². The van der Waals surface area contributed by atoms with E-state index in [-0.39, 0.29) is 0 Å². The molecule has 7 heteroatoms. The molecule has 0 saturated carbocycles. The fraction of sp³-hybridized carbons (Fsp3) is 0.667. The molecule has 0 fully saturated rings. The molecule has 0 saturated heterocycles. The van der Waals surface area contributed by atoms with Gasteiger partial charge in [0.15, 0.2) is 0 Å². The smallest absolute Gasteiger partial charge is 0.319 e. The van der Waals surface area contributed by atoms with Crippen LogP contribution in [0.1, 0.15) is 31.0 Å². The van der Waals surface area contributed by atoms with E-state index in [4.69, 9.17) is 5.73 Å². The molecule has 0 bridgehead atoms. The lowest BCUT2D eigenvalue weighted by molar-refractivity contribution is -0.141. The zero-order chi connectivity index (χ0) is 17.2. The molecule has 0 radical (unpaired) electrons. The Morgan fingerprint density at radius 3 is 2.32 bits per heavy atom. The van der Waals surface area contributed by atoms with Crippen LogP contribution in [0.2, 0.25) is 0 Å². The highest BCUT2D eigenvalue weighted by Crippen LogP contribution is 2.27. The molecule has 22 heavy (non-hydrogen) atoms. The van der Waals surface area contributed by atoms with Gasteiger partial charge in [0.2, 0.25) is 0 Å². The Labute approximate surface area is 135 Å². The summed E-state index contributed by atoms with van der Waals surface area (Å²) in [7, 11) is 4.18. The topological polar surface area (TPSA) is 42.1 Å². The second-order valence-electron chi connectivity index (χ2n) is 5.12. The Balaban J connectivity index is 0.000000409. The van der Waals surface area contributed by atoms with Gasteiger partial charge in [-0.15, -0.1) is 11.8 Å². The summed E-state index contributed by atoms with van der Waals surface area (Å²) in [5.74, 6) is 0. The van der Waals surface area contributed by atoms with E-state index in [1.807, 2.05) is 6.92 Å². The number of aromatic nitrogens is 1. The third kappa shape index (κ3) is 10.0. The lowest BCUT2D eigenvalue weighted by Gasteiger charge is -2.11. The zero-order valence-electron chi connectivity index (χ0n) is 13.7. The van der Waals surface area contributed by atoms with Crippen LogP contribution in [0.15, 0.2) is 18.3 Å². The molecule has 1 rings (SSSR count). The van der Waals surface area contributed by atoms with Gasteiger partial charge in [-0.1, -0.05) is 13.0 Å². The molecule has 3 nitrogen and oxygen atoms in total. The van der Waals surface area contributed by atoms with Crippen molar-refractivity contribution in [1.29, 1.82) is 0 Å². The van der Waals surface area contributed by atoms with Crippen molar-refractivity contribution in [3.8, 4) is 0 Å². The van der Waals surface area contributed by atoms with Crippen LogP contribution in [0.3, 0.4) is 0 Å². The van der Waals surface area contributed by atoms with Crippen molar-refractivity contribution in [2.24, 2.45) is 5.73 Å². The van der Waals surface area contributed by atoms with Crippen LogP contribution >= 0.6 is 11.8 Å². The summed E-state index contributed by atoms with van der Waals surface area (Å²) in [5, 5.41) is 0.333. The van der Waals surface area contributed by atoms with Crippen LogP contribution in [0.4, 0.5) is 13.2 Å². The van der Waals surface area contributed by atoms with E-state index in [0.29, 0.717) is 11.8 Å². The third-order valence-corrected chi connectivity index (χ3v) is 3.76. The summed E-state index contributed by atoms with van der Waals surface area (Å²) in [6.45, 7) is 3.01. The molecule has 1 aromatic rings. The monoisotopic (exact) mass is 337 g/mol. The molecule has 128 valence electrons. The Kier molecular flexibility index (Phi) is 10.5. The summed E-state index contributed by atoms with van der Waals surface area (Å²) < 4.78 is 35.9. The molecule has 0 aliphatic heterocycles. The summed E-state index contributed by atoms with van der Waals surface area (Å²) in [4.78, 5) is 5.48. The first-order chi connectivity index (χ1) is 10.2. The Bertz CT molecular complexity index is 394. The molecule has 0 aromatic carbocycles. The van der Waals surface area contributed by atoms with Gasteiger partial charge in [0.05, 0.1) is 5.37 Å². The van der Waals surface area contributed by atoms with Crippen molar-refractivity contribution < 1.29 is 13.2 Å². The number of aryl methyl sites for hydroxylation is 1. The first kappa shape index (κ1) is 21.2. The first-order valence-electron chi connectivity index (χ1n) is 7.15. The predicted octanol–water partition coefficient (Wildman–Crippen LogP) is 3.64. The normalized spacial score (nSPS) is 12.8. The van der Waals surface area contributed by atoms with Crippen LogP contribution in [-0.4, -0.2) is 42.2 Å². The van der Waals surface area contributed by atoms with E-state index in [9.17, 15) is 13.2 Å². The number of pyridine rings is 1. The highest BCUT2D eigenvalue weighted by Gasteiger charge is 2.31. The molecular formula is C15H26F3N3S. The lowest BCUT2D eigenvalue weighted by Crippen LogP contribution is -2.19. The minimum atomic E-state index is -4.33. The van der Waals surface area contributed by atoms with Crippen LogP contribution in [-0.2, 0) is 12.6 Å². The summed E-state index contributed by atoms with van der Waals surface area (Å²) in [6.07, 6.45) is 2.01. The Hall–Kier alpha value is -0.790. The molecule has 0 aliphatic carbocycles. The minimum Gasteiger partial charge on any atom is -0.319 e. The van der Waals surface area contributed by atoms with E-state index in [0.717, 1.165) is 24.6 Å². The van der Waals surface area contributed by atoms with Gasteiger partial charge in [-0.25, -0.2) is 0 Å². The molecule has 0 amide bonds. The summed E-state index contributed by atoms with van der Waals surface area (Å²) >= 11 is 1.74. The number of hydrogen-bond donors (Lipinski definition) is 1. The van der Waals surface area contributed by atoms with Crippen molar-refractivity contribution in [3.05, 3.63) is 29.6 Å². The van der Waals surface area contributed by atoms with Gasteiger partial charge in [0.1, 0.15) is 5.69 Å². The quantitative estimate of drug-likeness (QED) is 0.805. The molecular weight excluding hydrogens is 311 g/mol. The lowest BCUT2D eigenvalue weighted by atomic mass is 10.2. The first-order valence-corrected chi connectivity index (χ1v) is 8.44. The number of thioether (sulfide) groups is 1. The van der Waals surface area contributed by atoms with E-state index in [1.165, 1.54) is 18.7 Å². The van der Waals surface area contributed by atoms with Crippen LogP contribution in [0.25, 0.3) is 0 Å². The number of nitrogens with two attached hydrogens (primary N) is 1. The van der Waals surface area contributed by atoms with Crippen LogP contribution < -0.4 is 5.73 Å². The van der Waals surface area contributed by atoms with Crippen molar-refractivity contribution in [1.82, 2.24) is 9.88 Å². The molecule has 1 unspecified atom stereocenters. The molecule has 1 aromatic heterocycles. The summed E-state index contributed by atoms with van der Waals surface area (Å²) in [5.41, 5.74) is 5.68. The standard InChI is InChI=1S/C8H8F3N.C7H18N2S/c1-2-6-3-4-7(12-5-6)8(9,10)11;1-9(2)6-4-5-7(8)10-3/h3-5H,2H2,1H3;7H,4-6,8H2,1-3H3. The average Bonchev–Trinajstić information content (AvgIpc) is 2.46. The molecule has 0 aliphatic rings. The number of alkyl halides is 3. The van der Waals surface area contributed by atoms with Crippen molar-refractivity contribution in [3.63, 3.8) is 0 Å². The Morgan fingerprint density at radius 1 is 1.32 bits per heavy atom.